The molecule has 0 saturated carbocycles. The second-order valence-corrected chi connectivity index (χ2v) is 6.54. The highest BCUT2D eigenvalue weighted by molar-refractivity contribution is 5.92. The van der Waals surface area contributed by atoms with Crippen molar-refractivity contribution in [1.29, 1.82) is 0 Å². The molecular weight excluding hydrogens is 358 g/mol. The number of primary amides is 1. The van der Waals surface area contributed by atoms with E-state index in [2.05, 4.69) is 15.3 Å². The van der Waals surface area contributed by atoms with Gasteiger partial charge in [-0.1, -0.05) is 42.5 Å². The second-order valence-electron chi connectivity index (χ2n) is 6.54. The Bertz CT molecular complexity index is 782. The Balaban J connectivity index is 1.52. The zero-order valence-electron chi connectivity index (χ0n) is 15.6. The van der Waals surface area contributed by atoms with Gasteiger partial charge in [-0.2, -0.15) is 0 Å². The fraction of sp³-hybridized carbons (Fsp3) is 0.350. The number of hydrogen-bond donors (Lipinski definition) is 3. The lowest BCUT2D eigenvalue weighted by Gasteiger charge is -2.33. The number of hydrogen-bond acceptors (Lipinski definition) is 7. The molecule has 0 radical (unpaired) electrons. The van der Waals surface area contributed by atoms with Crippen LogP contribution in [0.3, 0.4) is 0 Å². The van der Waals surface area contributed by atoms with Gasteiger partial charge in [0.1, 0.15) is 0 Å². The van der Waals surface area contributed by atoms with E-state index >= 15 is 0 Å². The number of aliphatic hydroxyl groups is 1. The molecule has 2 unspecified atom stereocenters. The van der Waals surface area contributed by atoms with Gasteiger partial charge in [-0.05, 0) is 5.56 Å². The average Bonchev–Trinajstić information content (AvgIpc) is 2.75. The predicted octanol–water partition coefficient (Wildman–Crippen LogP) is 0.445. The van der Waals surface area contributed by atoms with E-state index in [0.717, 1.165) is 5.56 Å². The van der Waals surface area contributed by atoms with Gasteiger partial charge in [-0.15, -0.1) is 0 Å². The molecule has 2 atom stereocenters. The van der Waals surface area contributed by atoms with Crippen molar-refractivity contribution in [2.75, 3.05) is 37.7 Å². The van der Waals surface area contributed by atoms with Crippen molar-refractivity contribution in [1.82, 2.24) is 15.3 Å². The van der Waals surface area contributed by atoms with Crippen LogP contribution in [0.5, 0.6) is 0 Å². The molecule has 148 valence electrons. The maximum absolute atomic E-state index is 11.1. The number of ether oxygens (including phenoxy) is 1. The minimum Gasteiger partial charge on any atom is -0.394 e. The first-order chi connectivity index (χ1) is 13.7. The number of anilines is 1. The maximum atomic E-state index is 11.1. The summed E-state index contributed by atoms with van der Waals surface area (Å²) in [6, 6.07) is 9.78. The summed E-state index contributed by atoms with van der Waals surface area (Å²) in [5.41, 5.74) is 6.59. The third-order valence-corrected chi connectivity index (χ3v) is 4.47. The lowest BCUT2D eigenvalue weighted by molar-refractivity contribution is 0.0383. The predicted molar refractivity (Wildman–Crippen MR) is 107 cm³/mol. The van der Waals surface area contributed by atoms with Crippen molar-refractivity contribution < 1.29 is 14.6 Å². The molecule has 8 nitrogen and oxygen atoms in total. The van der Waals surface area contributed by atoms with Crippen LogP contribution in [0.1, 0.15) is 15.9 Å². The van der Waals surface area contributed by atoms with Crippen LogP contribution < -0.4 is 16.0 Å². The highest BCUT2D eigenvalue weighted by atomic mass is 16.5. The fourth-order valence-corrected chi connectivity index (χ4v) is 2.90. The first-order valence-electron chi connectivity index (χ1n) is 9.21. The van der Waals surface area contributed by atoms with Gasteiger partial charge in [0.25, 0.3) is 5.91 Å². The van der Waals surface area contributed by atoms with Crippen LogP contribution in [0.2, 0.25) is 0 Å². The molecule has 4 N–H and O–H groups in total. The Labute approximate surface area is 164 Å². The number of aliphatic hydroxyl groups excluding tert-OH is 1. The molecular formula is C20H25N5O3. The summed E-state index contributed by atoms with van der Waals surface area (Å²) in [6.45, 7) is 2.42. The van der Waals surface area contributed by atoms with E-state index in [4.69, 9.17) is 10.5 Å². The fourth-order valence-electron chi connectivity index (χ4n) is 2.90. The van der Waals surface area contributed by atoms with Gasteiger partial charge in [0.15, 0.2) is 0 Å². The zero-order chi connectivity index (χ0) is 19.8. The molecule has 0 spiro atoms. The Kier molecular flexibility index (Phi) is 7.07. The zero-order valence-corrected chi connectivity index (χ0v) is 15.6. The Hall–Kier alpha value is -2.81. The van der Waals surface area contributed by atoms with Crippen LogP contribution in [-0.4, -0.2) is 66.0 Å². The molecule has 8 heteroatoms. The van der Waals surface area contributed by atoms with Gasteiger partial charge in [-0.3, -0.25) is 4.79 Å². The lowest BCUT2D eigenvalue weighted by atomic mass is 10.1. The Morgan fingerprint density at radius 3 is 2.79 bits per heavy atom. The maximum Gasteiger partial charge on any atom is 0.251 e. The number of nitrogens with one attached hydrogen (secondary N) is 1. The minimum atomic E-state index is -0.547. The molecule has 1 saturated heterocycles. The molecule has 2 heterocycles. The number of carbonyl (C=O) groups excluding carboxylic acids is 1. The smallest absolute Gasteiger partial charge is 0.251 e. The van der Waals surface area contributed by atoms with Gasteiger partial charge < -0.3 is 25.8 Å². The highest BCUT2D eigenvalue weighted by Gasteiger charge is 2.23. The summed E-state index contributed by atoms with van der Waals surface area (Å²) in [5.74, 6) is -0.00446. The second kappa shape index (κ2) is 9.93. The summed E-state index contributed by atoms with van der Waals surface area (Å²) >= 11 is 0. The summed E-state index contributed by atoms with van der Waals surface area (Å²) in [5, 5.41) is 12.9. The van der Waals surface area contributed by atoms with Gasteiger partial charge in [0, 0.05) is 38.1 Å². The van der Waals surface area contributed by atoms with E-state index in [0.29, 0.717) is 32.2 Å². The summed E-state index contributed by atoms with van der Waals surface area (Å²) in [4.78, 5) is 21.6. The third-order valence-electron chi connectivity index (χ3n) is 4.47. The molecule has 2 aromatic rings. The largest absolute Gasteiger partial charge is 0.394 e. The van der Waals surface area contributed by atoms with Gasteiger partial charge in [-0.25, -0.2) is 9.97 Å². The van der Waals surface area contributed by atoms with Crippen LogP contribution in [0.4, 0.5) is 5.95 Å². The lowest BCUT2D eigenvalue weighted by Crippen LogP contribution is -2.49. The van der Waals surface area contributed by atoms with Crippen LogP contribution in [0, 0.1) is 0 Å². The van der Waals surface area contributed by atoms with E-state index in [9.17, 15) is 9.90 Å². The number of carbonyl (C=O) groups is 1. The van der Waals surface area contributed by atoms with Gasteiger partial charge in [0.2, 0.25) is 5.95 Å². The van der Waals surface area contributed by atoms with Crippen LogP contribution in [0.25, 0.3) is 6.08 Å². The molecule has 1 aromatic heterocycles. The van der Waals surface area contributed by atoms with E-state index in [1.165, 1.54) is 12.4 Å². The third kappa shape index (κ3) is 5.59. The molecule has 0 aliphatic carbocycles. The van der Waals surface area contributed by atoms with E-state index in [1.807, 2.05) is 47.4 Å². The van der Waals surface area contributed by atoms with E-state index in [1.54, 1.807) is 0 Å². The number of rotatable bonds is 8. The van der Waals surface area contributed by atoms with Crippen molar-refractivity contribution in [3.8, 4) is 0 Å². The number of nitrogens with two attached hydrogens (primary N) is 1. The molecule has 3 rings (SSSR count). The molecule has 1 aliphatic rings. The number of benzene rings is 1. The number of aromatic nitrogens is 2. The SMILES string of the molecule is NC(=O)c1cnc(N2CCOC(CNC(/C=C/c3ccccc3)CO)C2)nc1. The van der Waals surface area contributed by atoms with Crippen molar-refractivity contribution in [2.24, 2.45) is 5.73 Å². The Morgan fingerprint density at radius 1 is 1.36 bits per heavy atom. The molecule has 0 bridgehead atoms. The number of morpholine rings is 1. The molecule has 1 fully saturated rings. The van der Waals surface area contributed by atoms with Crippen LogP contribution in [0.15, 0.2) is 48.8 Å². The van der Waals surface area contributed by atoms with Gasteiger partial charge in [0.05, 0.1) is 24.9 Å². The standard InChI is InChI=1S/C20H25N5O3/c21-19(27)16-10-23-20(24-11-16)25-8-9-28-18(13-25)12-22-17(14-26)7-6-15-4-2-1-3-5-15/h1-7,10-11,17-18,22,26H,8-9,12-14H2,(H2,21,27)/b7-6+. The highest BCUT2D eigenvalue weighted by Crippen LogP contribution is 2.13. The van der Waals surface area contributed by atoms with Gasteiger partial charge >= 0.3 is 0 Å². The van der Waals surface area contributed by atoms with Crippen LogP contribution >= 0.6 is 0 Å². The molecule has 1 amide bonds. The minimum absolute atomic E-state index is 0.00252. The first-order valence-corrected chi connectivity index (χ1v) is 9.21. The van der Waals surface area contributed by atoms with Crippen molar-refractivity contribution in [3.05, 3.63) is 59.9 Å². The summed E-state index contributed by atoms with van der Waals surface area (Å²) in [7, 11) is 0. The monoisotopic (exact) mass is 383 g/mol. The average molecular weight is 383 g/mol. The molecule has 1 aliphatic heterocycles. The molecule has 28 heavy (non-hydrogen) atoms. The Morgan fingerprint density at radius 2 is 2.11 bits per heavy atom. The van der Waals surface area contributed by atoms with E-state index in [-0.39, 0.29) is 24.3 Å². The quantitative estimate of drug-likeness (QED) is 0.606. The number of nitrogens with zero attached hydrogens (tertiary/aromatic N) is 3. The number of amides is 1. The van der Waals surface area contributed by atoms with Crippen molar-refractivity contribution >= 4 is 17.9 Å². The van der Waals surface area contributed by atoms with Crippen LogP contribution in [-0.2, 0) is 4.74 Å². The van der Waals surface area contributed by atoms with Crippen molar-refractivity contribution in [2.45, 2.75) is 12.1 Å². The topological polar surface area (TPSA) is 114 Å². The molecule has 1 aromatic carbocycles. The normalized spacial score (nSPS) is 18.3. The summed E-state index contributed by atoms with van der Waals surface area (Å²) in [6.07, 6.45) is 6.73. The van der Waals surface area contributed by atoms with E-state index < -0.39 is 5.91 Å². The van der Waals surface area contributed by atoms with Crippen molar-refractivity contribution in [3.63, 3.8) is 0 Å². The summed E-state index contributed by atoms with van der Waals surface area (Å²) < 4.78 is 5.81. The first kappa shape index (κ1) is 19.9.